The summed E-state index contributed by atoms with van der Waals surface area (Å²) in [5.74, 6) is -5.02. The first-order chi connectivity index (χ1) is 6.75. The number of benzene rings is 1. The molecule has 0 heterocycles. The number of alkyl halides is 3. The zero-order valence-corrected chi connectivity index (χ0v) is 8.30. The van der Waals surface area contributed by atoms with Crippen LogP contribution in [0.15, 0.2) is 12.1 Å². The molecule has 8 heteroatoms. The number of hydrogen-bond donors (Lipinski definition) is 1. The summed E-state index contributed by atoms with van der Waals surface area (Å²) in [5.41, 5.74) is 3.06. The molecule has 2 N–H and O–H groups in total. The van der Waals surface area contributed by atoms with Crippen molar-refractivity contribution >= 4 is 12.4 Å². The molecule has 0 fully saturated rings. The minimum absolute atomic E-state index is 0. The lowest BCUT2D eigenvalue weighted by atomic mass is 10.1. The van der Waals surface area contributed by atoms with Gasteiger partial charge in [0.25, 0.3) is 0 Å². The molecule has 1 rings (SSSR count). The third-order valence-electron chi connectivity index (χ3n) is 1.74. The minimum Gasteiger partial charge on any atom is -0.316 e. The maximum absolute atomic E-state index is 12.8. The van der Waals surface area contributed by atoms with Crippen LogP contribution in [0.1, 0.15) is 11.6 Å². The maximum atomic E-state index is 12.8. The first kappa shape index (κ1) is 15.0. The van der Waals surface area contributed by atoms with Gasteiger partial charge in [-0.05, 0) is 12.1 Å². The zero-order chi connectivity index (χ0) is 11.8. The van der Waals surface area contributed by atoms with Crippen LogP contribution < -0.4 is 5.73 Å². The predicted octanol–water partition coefficient (Wildman–Crippen LogP) is 3.09. The first-order valence-electron chi connectivity index (χ1n) is 3.71. The van der Waals surface area contributed by atoms with Gasteiger partial charge in [0.15, 0.2) is 11.6 Å². The van der Waals surface area contributed by atoms with Gasteiger partial charge in [-0.3, -0.25) is 0 Å². The maximum Gasteiger partial charge on any atom is 0.407 e. The van der Waals surface area contributed by atoms with Crippen LogP contribution in [-0.2, 0) is 0 Å². The highest BCUT2D eigenvalue weighted by atomic mass is 35.5. The Balaban J connectivity index is 0.00000225. The SMILES string of the molecule is Cl.N[C@H](c1c(F)ccc(F)c1F)C(F)(F)F. The monoisotopic (exact) mass is 265 g/mol. The normalized spacial score (nSPS) is 13.2. The molecule has 1 atom stereocenters. The quantitative estimate of drug-likeness (QED) is 0.613. The molecule has 0 saturated carbocycles. The van der Waals surface area contributed by atoms with Crippen LogP contribution in [-0.4, -0.2) is 6.18 Å². The Morgan fingerprint density at radius 3 is 1.88 bits per heavy atom. The molecule has 0 aliphatic rings. The summed E-state index contributed by atoms with van der Waals surface area (Å²) >= 11 is 0. The average Bonchev–Trinajstić information content (AvgIpc) is 2.10. The summed E-state index contributed by atoms with van der Waals surface area (Å²) < 4.78 is 74.4. The predicted molar refractivity (Wildman–Crippen MR) is 46.5 cm³/mol. The van der Waals surface area contributed by atoms with E-state index >= 15 is 0 Å². The van der Waals surface area contributed by atoms with Crippen molar-refractivity contribution in [2.24, 2.45) is 5.73 Å². The van der Waals surface area contributed by atoms with Crippen molar-refractivity contribution in [3.05, 3.63) is 35.1 Å². The van der Waals surface area contributed by atoms with Gasteiger partial charge < -0.3 is 5.73 Å². The van der Waals surface area contributed by atoms with Crippen LogP contribution in [0.2, 0.25) is 0 Å². The summed E-state index contributed by atoms with van der Waals surface area (Å²) in [4.78, 5) is 0. The molecular formula is C8H6ClF6N. The lowest BCUT2D eigenvalue weighted by molar-refractivity contribution is -0.150. The number of hydrogen-bond acceptors (Lipinski definition) is 1. The number of rotatable bonds is 1. The van der Waals surface area contributed by atoms with Crippen LogP contribution in [0, 0.1) is 17.5 Å². The smallest absolute Gasteiger partial charge is 0.316 e. The Labute approximate surface area is 92.6 Å². The Hall–Kier alpha value is -0.950. The van der Waals surface area contributed by atoms with E-state index in [0.29, 0.717) is 12.1 Å². The molecule has 0 unspecified atom stereocenters. The fraction of sp³-hybridized carbons (Fsp3) is 0.250. The average molecular weight is 266 g/mol. The highest BCUT2D eigenvalue weighted by Crippen LogP contribution is 2.33. The van der Waals surface area contributed by atoms with E-state index in [9.17, 15) is 26.3 Å². The van der Waals surface area contributed by atoms with Crippen molar-refractivity contribution in [3.63, 3.8) is 0 Å². The second-order valence-corrected chi connectivity index (χ2v) is 2.78. The molecule has 0 amide bonds. The number of nitrogens with two attached hydrogens (primary N) is 1. The second kappa shape index (κ2) is 4.92. The summed E-state index contributed by atoms with van der Waals surface area (Å²) in [5, 5.41) is 0. The summed E-state index contributed by atoms with van der Waals surface area (Å²) in [6.45, 7) is 0. The van der Waals surface area contributed by atoms with Gasteiger partial charge in [-0.1, -0.05) is 0 Å². The topological polar surface area (TPSA) is 26.0 Å². The number of halogens is 7. The zero-order valence-electron chi connectivity index (χ0n) is 7.49. The van der Waals surface area contributed by atoms with Gasteiger partial charge in [0.2, 0.25) is 0 Å². The lowest BCUT2D eigenvalue weighted by Crippen LogP contribution is -2.30. The van der Waals surface area contributed by atoms with Crippen LogP contribution >= 0.6 is 12.4 Å². The molecule has 0 aliphatic carbocycles. The first-order valence-corrected chi connectivity index (χ1v) is 3.71. The van der Waals surface area contributed by atoms with Crippen molar-refractivity contribution in [3.8, 4) is 0 Å². The Morgan fingerprint density at radius 2 is 1.44 bits per heavy atom. The summed E-state index contributed by atoms with van der Waals surface area (Å²) in [6, 6.07) is -2.11. The van der Waals surface area contributed by atoms with Crippen molar-refractivity contribution in [2.75, 3.05) is 0 Å². The molecule has 0 aromatic heterocycles. The summed E-state index contributed by atoms with van der Waals surface area (Å²) in [6.07, 6.45) is -5.03. The Kier molecular flexibility index (Phi) is 4.63. The minimum atomic E-state index is -5.03. The fourth-order valence-electron chi connectivity index (χ4n) is 0.992. The van der Waals surface area contributed by atoms with Crippen molar-refractivity contribution in [1.82, 2.24) is 0 Å². The molecule has 1 aromatic carbocycles. The van der Waals surface area contributed by atoms with E-state index in [1.54, 1.807) is 0 Å². The van der Waals surface area contributed by atoms with E-state index in [2.05, 4.69) is 5.73 Å². The van der Waals surface area contributed by atoms with Gasteiger partial charge in [0.05, 0.1) is 5.56 Å². The van der Waals surface area contributed by atoms with Gasteiger partial charge >= 0.3 is 6.18 Å². The third kappa shape index (κ3) is 2.79. The molecule has 1 aromatic rings. The van der Waals surface area contributed by atoms with Gasteiger partial charge in [-0.15, -0.1) is 12.4 Å². The second-order valence-electron chi connectivity index (χ2n) is 2.78. The molecular weight excluding hydrogens is 260 g/mol. The van der Waals surface area contributed by atoms with Crippen molar-refractivity contribution in [2.45, 2.75) is 12.2 Å². The van der Waals surface area contributed by atoms with E-state index in [0.717, 1.165) is 0 Å². The van der Waals surface area contributed by atoms with Gasteiger partial charge in [-0.25, -0.2) is 13.2 Å². The van der Waals surface area contributed by atoms with Crippen LogP contribution in [0.5, 0.6) is 0 Å². The molecule has 0 aliphatic heterocycles. The van der Waals surface area contributed by atoms with Gasteiger partial charge in [0.1, 0.15) is 11.9 Å². The van der Waals surface area contributed by atoms with Crippen LogP contribution in [0.4, 0.5) is 26.3 Å². The Morgan fingerprint density at radius 1 is 1.00 bits per heavy atom. The van der Waals surface area contributed by atoms with E-state index in [1.807, 2.05) is 0 Å². The van der Waals surface area contributed by atoms with Crippen molar-refractivity contribution < 1.29 is 26.3 Å². The molecule has 0 radical (unpaired) electrons. The Bertz CT molecular complexity index is 378. The van der Waals surface area contributed by atoms with E-state index in [4.69, 9.17) is 0 Å². The van der Waals surface area contributed by atoms with Gasteiger partial charge in [-0.2, -0.15) is 13.2 Å². The molecule has 92 valence electrons. The fourth-order valence-corrected chi connectivity index (χ4v) is 0.992. The third-order valence-corrected chi connectivity index (χ3v) is 1.74. The largest absolute Gasteiger partial charge is 0.407 e. The van der Waals surface area contributed by atoms with Gasteiger partial charge in [0, 0.05) is 0 Å². The molecule has 1 nitrogen and oxygen atoms in total. The lowest BCUT2D eigenvalue weighted by Gasteiger charge is -2.17. The molecule has 0 spiro atoms. The molecule has 0 bridgehead atoms. The highest BCUT2D eigenvalue weighted by molar-refractivity contribution is 5.85. The highest BCUT2D eigenvalue weighted by Gasteiger charge is 2.41. The van der Waals surface area contributed by atoms with E-state index in [1.165, 1.54) is 0 Å². The molecule has 0 saturated heterocycles. The standard InChI is InChI=1S/C8H5F6N.ClH/c9-3-1-2-4(10)6(11)5(3)7(15)8(12,13)14;/h1-2,7H,15H2;1H/t7-;/m1./s1. The van der Waals surface area contributed by atoms with E-state index < -0.39 is 35.2 Å². The summed E-state index contributed by atoms with van der Waals surface area (Å²) in [7, 11) is 0. The molecule has 16 heavy (non-hydrogen) atoms. The van der Waals surface area contributed by atoms with Crippen LogP contribution in [0.25, 0.3) is 0 Å². The van der Waals surface area contributed by atoms with Crippen LogP contribution in [0.3, 0.4) is 0 Å². The van der Waals surface area contributed by atoms with Crippen molar-refractivity contribution in [1.29, 1.82) is 0 Å². The van der Waals surface area contributed by atoms with E-state index in [-0.39, 0.29) is 12.4 Å².